The summed E-state index contributed by atoms with van der Waals surface area (Å²) < 4.78 is 4.93. The van der Waals surface area contributed by atoms with Crippen LogP contribution in [-0.2, 0) is 11.3 Å². The first-order valence-electron chi connectivity index (χ1n) is 3.37. The molecular weight excluding hydrogens is 140 g/mol. The molecule has 4 N–H and O–H groups in total. The molecule has 1 aromatic carbocycles. The van der Waals surface area contributed by atoms with E-state index in [-0.39, 0.29) is 0 Å². The molecule has 0 fully saturated rings. The van der Waals surface area contributed by atoms with Crippen molar-refractivity contribution in [2.24, 2.45) is 0 Å². The van der Waals surface area contributed by atoms with E-state index in [0.717, 1.165) is 5.56 Å². The Balaban J connectivity index is 3.00. The zero-order chi connectivity index (χ0) is 8.27. The lowest BCUT2D eigenvalue weighted by Gasteiger charge is -2.06. The standard InChI is InChI=1S/C8H12N2O/c1-11-5-6-7(9)3-2-4-8(6)10/h2-4H,5,9-10H2,1H3. The number of anilines is 2. The highest BCUT2D eigenvalue weighted by Gasteiger charge is 2.00. The van der Waals surface area contributed by atoms with Gasteiger partial charge in [-0.2, -0.15) is 0 Å². The number of methoxy groups -OCH3 is 1. The van der Waals surface area contributed by atoms with E-state index < -0.39 is 0 Å². The average molecular weight is 152 g/mol. The van der Waals surface area contributed by atoms with Crippen molar-refractivity contribution in [3.8, 4) is 0 Å². The summed E-state index contributed by atoms with van der Waals surface area (Å²) in [7, 11) is 1.62. The summed E-state index contributed by atoms with van der Waals surface area (Å²) in [4.78, 5) is 0. The van der Waals surface area contributed by atoms with Crippen molar-refractivity contribution in [2.45, 2.75) is 6.61 Å². The summed E-state index contributed by atoms with van der Waals surface area (Å²) in [5.74, 6) is 0. The van der Waals surface area contributed by atoms with Crippen molar-refractivity contribution < 1.29 is 4.74 Å². The Labute approximate surface area is 66.0 Å². The van der Waals surface area contributed by atoms with Crippen molar-refractivity contribution >= 4 is 11.4 Å². The monoisotopic (exact) mass is 152 g/mol. The maximum atomic E-state index is 5.65. The minimum Gasteiger partial charge on any atom is -0.398 e. The summed E-state index contributed by atoms with van der Waals surface area (Å²) in [6, 6.07) is 5.44. The van der Waals surface area contributed by atoms with Crippen molar-refractivity contribution in [1.29, 1.82) is 0 Å². The van der Waals surface area contributed by atoms with Gasteiger partial charge >= 0.3 is 0 Å². The Morgan fingerprint density at radius 3 is 2.27 bits per heavy atom. The third kappa shape index (κ3) is 1.62. The third-order valence-corrected chi connectivity index (χ3v) is 1.54. The second kappa shape index (κ2) is 3.25. The highest BCUT2D eigenvalue weighted by molar-refractivity contribution is 5.60. The predicted molar refractivity (Wildman–Crippen MR) is 46.0 cm³/mol. The van der Waals surface area contributed by atoms with E-state index in [1.165, 1.54) is 0 Å². The maximum Gasteiger partial charge on any atom is 0.0753 e. The average Bonchev–Trinajstić information content (AvgIpc) is 1.97. The molecular formula is C8H12N2O. The topological polar surface area (TPSA) is 61.3 Å². The summed E-state index contributed by atoms with van der Waals surface area (Å²) in [6.45, 7) is 0.471. The molecule has 0 aromatic heterocycles. The number of hydrogen-bond donors (Lipinski definition) is 2. The Morgan fingerprint density at radius 2 is 1.82 bits per heavy atom. The van der Waals surface area contributed by atoms with Crippen LogP contribution in [0.2, 0.25) is 0 Å². The van der Waals surface area contributed by atoms with Crippen molar-refractivity contribution in [3.05, 3.63) is 23.8 Å². The van der Waals surface area contributed by atoms with Gasteiger partial charge in [-0.25, -0.2) is 0 Å². The summed E-state index contributed by atoms with van der Waals surface area (Å²) >= 11 is 0. The normalized spacial score (nSPS) is 9.91. The molecule has 0 unspecified atom stereocenters. The summed E-state index contributed by atoms with van der Waals surface area (Å²) in [6.07, 6.45) is 0. The fraction of sp³-hybridized carbons (Fsp3) is 0.250. The predicted octanol–water partition coefficient (Wildman–Crippen LogP) is 0.997. The van der Waals surface area contributed by atoms with E-state index in [1.54, 1.807) is 7.11 Å². The lowest BCUT2D eigenvalue weighted by Crippen LogP contribution is -2.00. The second-order valence-electron chi connectivity index (χ2n) is 2.35. The van der Waals surface area contributed by atoms with Gasteiger partial charge in [0.05, 0.1) is 6.61 Å². The molecule has 0 heterocycles. The van der Waals surface area contributed by atoms with E-state index in [2.05, 4.69) is 0 Å². The minimum atomic E-state index is 0.471. The Hall–Kier alpha value is -1.22. The molecule has 0 aliphatic rings. The molecule has 1 rings (SSSR count). The summed E-state index contributed by atoms with van der Waals surface area (Å²) in [5, 5.41) is 0. The largest absolute Gasteiger partial charge is 0.398 e. The molecule has 0 bridgehead atoms. The number of hydrogen-bond acceptors (Lipinski definition) is 3. The molecule has 3 heteroatoms. The van der Waals surface area contributed by atoms with E-state index in [1.807, 2.05) is 18.2 Å². The van der Waals surface area contributed by atoms with Gasteiger partial charge in [-0.1, -0.05) is 6.07 Å². The molecule has 0 amide bonds. The fourth-order valence-electron chi connectivity index (χ4n) is 0.934. The number of rotatable bonds is 2. The van der Waals surface area contributed by atoms with Crippen LogP contribution in [0.1, 0.15) is 5.56 Å². The van der Waals surface area contributed by atoms with Crippen LogP contribution in [0.15, 0.2) is 18.2 Å². The third-order valence-electron chi connectivity index (χ3n) is 1.54. The van der Waals surface area contributed by atoms with Gasteiger partial charge in [-0.3, -0.25) is 0 Å². The molecule has 0 aliphatic carbocycles. The second-order valence-corrected chi connectivity index (χ2v) is 2.35. The molecule has 11 heavy (non-hydrogen) atoms. The molecule has 0 aliphatic heterocycles. The molecule has 0 atom stereocenters. The van der Waals surface area contributed by atoms with Crippen LogP contribution in [0.5, 0.6) is 0 Å². The minimum absolute atomic E-state index is 0.471. The Morgan fingerprint density at radius 1 is 1.27 bits per heavy atom. The highest BCUT2D eigenvalue weighted by atomic mass is 16.5. The molecule has 0 saturated heterocycles. The highest BCUT2D eigenvalue weighted by Crippen LogP contribution is 2.19. The van der Waals surface area contributed by atoms with E-state index in [9.17, 15) is 0 Å². The molecule has 60 valence electrons. The van der Waals surface area contributed by atoms with Crippen LogP contribution in [0.3, 0.4) is 0 Å². The lowest BCUT2D eigenvalue weighted by atomic mass is 10.1. The van der Waals surface area contributed by atoms with Crippen molar-refractivity contribution in [2.75, 3.05) is 18.6 Å². The van der Waals surface area contributed by atoms with E-state index >= 15 is 0 Å². The summed E-state index contributed by atoms with van der Waals surface area (Å²) in [5.41, 5.74) is 13.5. The Bertz CT molecular complexity index is 228. The first-order valence-corrected chi connectivity index (χ1v) is 3.37. The number of ether oxygens (including phenoxy) is 1. The zero-order valence-electron chi connectivity index (χ0n) is 6.50. The molecule has 0 saturated carbocycles. The fourth-order valence-corrected chi connectivity index (χ4v) is 0.934. The first kappa shape index (κ1) is 7.88. The number of nitrogens with two attached hydrogens (primary N) is 2. The van der Waals surface area contributed by atoms with Crippen molar-refractivity contribution in [1.82, 2.24) is 0 Å². The van der Waals surface area contributed by atoms with Gasteiger partial charge in [0.25, 0.3) is 0 Å². The van der Waals surface area contributed by atoms with Gasteiger partial charge in [0.1, 0.15) is 0 Å². The molecule has 0 radical (unpaired) electrons. The molecule has 0 spiro atoms. The van der Waals surface area contributed by atoms with Gasteiger partial charge in [-0.15, -0.1) is 0 Å². The molecule has 1 aromatic rings. The SMILES string of the molecule is COCc1c(N)cccc1N. The van der Waals surface area contributed by atoms with Gasteiger partial charge in [0.2, 0.25) is 0 Å². The Kier molecular flexibility index (Phi) is 2.33. The van der Waals surface area contributed by atoms with Crippen LogP contribution in [0, 0.1) is 0 Å². The van der Waals surface area contributed by atoms with Crippen LogP contribution in [0.25, 0.3) is 0 Å². The van der Waals surface area contributed by atoms with Gasteiger partial charge in [0, 0.05) is 24.0 Å². The molecule has 3 nitrogen and oxygen atoms in total. The lowest BCUT2D eigenvalue weighted by molar-refractivity contribution is 0.186. The number of benzene rings is 1. The van der Waals surface area contributed by atoms with Crippen LogP contribution < -0.4 is 11.5 Å². The van der Waals surface area contributed by atoms with E-state index in [0.29, 0.717) is 18.0 Å². The first-order chi connectivity index (χ1) is 5.25. The van der Waals surface area contributed by atoms with Crippen LogP contribution in [0.4, 0.5) is 11.4 Å². The van der Waals surface area contributed by atoms with Crippen LogP contribution >= 0.6 is 0 Å². The van der Waals surface area contributed by atoms with Crippen LogP contribution in [-0.4, -0.2) is 7.11 Å². The smallest absolute Gasteiger partial charge is 0.0753 e. The zero-order valence-corrected chi connectivity index (χ0v) is 6.50. The van der Waals surface area contributed by atoms with Crippen molar-refractivity contribution in [3.63, 3.8) is 0 Å². The quantitative estimate of drug-likeness (QED) is 0.621. The number of nitrogen functional groups attached to an aromatic ring is 2. The van der Waals surface area contributed by atoms with Gasteiger partial charge < -0.3 is 16.2 Å². The maximum absolute atomic E-state index is 5.65. The van der Waals surface area contributed by atoms with Gasteiger partial charge in [-0.05, 0) is 12.1 Å². The van der Waals surface area contributed by atoms with Gasteiger partial charge in [0.15, 0.2) is 0 Å². The van der Waals surface area contributed by atoms with E-state index in [4.69, 9.17) is 16.2 Å².